The maximum atomic E-state index is 2.37. The molecule has 198 valence electrons. The quantitative estimate of drug-likeness (QED) is 0.195. The van der Waals surface area contributed by atoms with Gasteiger partial charge in [-0.15, -0.1) is 0 Å². The van der Waals surface area contributed by atoms with Crippen LogP contribution in [0.25, 0.3) is 32.3 Å². The highest BCUT2D eigenvalue weighted by Gasteiger charge is 2.21. The minimum Gasteiger partial charge on any atom is -0.310 e. The van der Waals surface area contributed by atoms with Crippen molar-refractivity contribution in [2.45, 2.75) is 0 Å². The molecule has 2 heteroatoms. The second-order valence-corrected chi connectivity index (χ2v) is 10.6. The SMILES string of the molecule is c1ccc(N(c2ccccc2)c2ccc3ccc4ccc(N(c5ccccc5)c5ccccc5)c5ccc2c3c45)cc1. The summed E-state index contributed by atoms with van der Waals surface area (Å²) in [6, 6.07) is 60.8. The number of hydrogen-bond donors (Lipinski definition) is 0. The van der Waals surface area contributed by atoms with Crippen LogP contribution in [0.5, 0.6) is 0 Å². The zero-order chi connectivity index (χ0) is 27.9. The third-order valence-corrected chi connectivity index (χ3v) is 8.16. The Bertz CT molecular complexity index is 1890. The minimum absolute atomic E-state index is 1.14. The van der Waals surface area contributed by atoms with E-state index in [4.69, 9.17) is 0 Å². The fourth-order valence-corrected chi connectivity index (χ4v) is 6.32. The summed E-state index contributed by atoms with van der Waals surface area (Å²) in [5.41, 5.74) is 6.89. The summed E-state index contributed by atoms with van der Waals surface area (Å²) in [6.07, 6.45) is 0. The molecule has 0 bridgehead atoms. The lowest BCUT2D eigenvalue weighted by atomic mass is 9.91. The monoisotopic (exact) mass is 536 g/mol. The van der Waals surface area contributed by atoms with E-state index in [1.165, 1.54) is 43.7 Å². The highest BCUT2D eigenvalue weighted by molar-refractivity contribution is 6.28. The van der Waals surface area contributed by atoms with Gasteiger partial charge in [0, 0.05) is 33.5 Å². The van der Waals surface area contributed by atoms with E-state index in [1.807, 2.05) is 0 Å². The van der Waals surface area contributed by atoms with Crippen molar-refractivity contribution in [3.63, 3.8) is 0 Å². The third kappa shape index (κ3) is 3.96. The first-order valence-corrected chi connectivity index (χ1v) is 14.4. The van der Waals surface area contributed by atoms with E-state index in [-0.39, 0.29) is 0 Å². The Morgan fingerprint density at radius 3 is 0.857 bits per heavy atom. The van der Waals surface area contributed by atoms with E-state index >= 15 is 0 Å². The van der Waals surface area contributed by atoms with Gasteiger partial charge < -0.3 is 9.80 Å². The van der Waals surface area contributed by atoms with Crippen LogP contribution in [0.2, 0.25) is 0 Å². The van der Waals surface area contributed by atoms with Crippen LogP contribution in [0, 0.1) is 0 Å². The molecule has 0 atom stereocenters. The molecule has 0 unspecified atom stereocenters. The number of nitrogens with zero attached hydrogens (tertiary/aromatic N) is 2. The molecule has 0 heterocycles. The van der Waals surface area contributed by atoms with Crippen molar-refractivity contribution in [2.24, 2.45) is 0 Å². The van der Waals surface area contributed by atoms with Gasteiger partial charge in [-0.3, -0.25) is 0 Å². The van der Waals surface area contributed by atoms with Crippen molar-refractivity contribution < 1.29 is 0 Å². The highest BCUT2D eigenvalue weighted by Crippen LogP contribution is 2.47. The fourth-order valence-electron chi connectivity index (χ4n) is 6.32. The molecule has 0 amide bonds. The van der Waals surface area contributed by atoms with E-state index in [0.717, 1.165) is 22.7 Å². The predicted molar refractivity (Wildman–Crippen MR) is 180 cm³/mol. The van der Waals surface area contributed by atoms with Crippen LogP contribution in [0.4, 0.5) is 34.1 Å². The summed E-state index contributed by atoms with van der Waals surface area (Å²) in [7, 11) is 0. The zero-order valence-electron chi connectivity index (χ0n) is 23.1. The first-order chi connectivity index (χ1) is 20.9. The van der Waals surface area contributed by atoms with Gasteiger partial charge in [0.05, 0.1) is 11.4 Å². The van der Waals surface area contributed by atoms with Crippen LogP contribution >= 0.6 is 0 Å². The predicted octanol–water partition coefficient (Wildman–Crippen LogP) is 11.5. The molecule has 0 saturated heterocycles. The van der Waals surface area contributed by atoms with Gasteiger partial charge >= 0.3 is 0 Å². The number of para-hydroxylation sites is 4. The smallest absolute Gasteiger partial charge is 0.0540 e. The topological polar surface area (TPSA) is 6.48 Å². The normalized spacial score (nSPS) is 11.3. The molecule has 0 spiro atoms. The number of benzene rings is 8. The summed E-state index contributed by atoms with van der Waals surface area (Å²) < 4.78 is 0. The van der Waals surface area contributed by atoms with Gasteiger partial charge in [-0.1, -0.05) is 109 Å². The van der Waals surface area contributed by atoms with E-state index in [9.17, 15) is 0 Å². The molecule has 0 N–H and O–H groups in total. The Balaban J connectivity index is 1.42. The molecule has 0 aliphatic rings. The lowest BCUT2D eigenvalue weighted by Crippen LogP contribution is -2.11. The van der Waals surface area contributed by atoms with Crippen LogP contribution in [-0.2, 0) is 0 Å². The van der Waals surface area contributed by atoms with Gasteiger partial charge in [-0.25, -0.2) is 0 Å². The first-order valence-electron chi connectivity index (χ1n) is 14.4. The van der Waals surface area contributed by atoms with E-state index in [1.54, 1.807) is 0 Å². The van der Waals surface area contributed by atoms with E-state index in [2.05, 4.69) is 180 Å². The van der Waals surface area contributed by atoms with Gasteiger partial charge in [0.15, 0.2) is 0 Å². The van der Waals surface area contributed by atoms with Gasteiger partial charge in [0.1, 0.15) is 0 Å². The molecule has 2 nitrogen and oxygen atoms in total. The van der Waals surface area contributed by atoms with Crippen LogP contribution < -0.4 is 9.80 Å². The number of rotatable bonds is 6. The molecule has 0 radical (unpaired) electrons. The average Bonchev–Trinajstić information content (AvgIpc) is 3.07. The van der Waals surface area contributed by atoms with E-state index < -0.39 is 0 Å². The van der Waals surface area contributed by atoms with Gasteiger partial charge in [0.25, 0.3) is 0 Å². The molecule has 0 fully saturated rings. The molecular weight excluding hydrogens is 508 g/mol. The van der Waals surface area contributed by atoms with Gasteiger partial charge in [0.2, 0.25) is 0 Å². The van der Waals surface area contributed by atoms with Crippen molar-refractivity contribution >= 4 is 66.4 Å². The second-order valence-electron chi connectivity index (χ2n) is 10.6. The third-order valence-electron chi connectivity index (χ3n) is 8.16. The standard InChI is InChI=1S/C40H28N2/c1-5-13-31(14-6-1)41(32-15-7-2-8-16-32)37-27-23-29-21-22-30-24-28-38(36-26-25-35(37)39(29)40(30)36)42(33-17-9-3-10-18-33)34-19-11-4-12-20-34/h1-28H. The van der Waals surface area contributed by atoms with Crippen molar-refractivity contribution in [3.05, 3.63) is 170 Å². The highest BCUT2D eigenvalue weighted by atomic mass is 15.1. The summed E-state index contributed by atoms with van der Waals surface area (Å²) in [5, 5.41) is 7.56. The Morgan fingerprint density at radius 1 is 0.262 bits per heavy atom. The van der Waals surface area contributed by atoms with Crippen molar-refractivity contribution in [3.8, 4) is 0 Å². The lowest BCUT2D eigenvalue weighted by Gasteiger charge is -2.29. The van der Waals surface area contributed by atoms with Gasteiger partial charge in [-0.2, -0.15) is 0 Å². The number of anilines is 6. The Kier molecular flexibility index (Phi) is 5.82. The molecule has 0 aliphatic heterocycles. The van der Waals surface area contributed by atoms with Gasteiger partial charge in [-0.05, 0) is 82.2 Å². The lowest BCUT2D eigenvalue weighted by molar-refractivity contribution is 1.30. The average molecular weight is 537 g/mol. The molecule has 8 rings (SSSR count). The van der Waals surface area contributed by atoms with Crippen molar-refractivity contribution in [2.75, 3.05) is 9.80 Å². The summed E-state index contributed by atoms with van der Waals surface area (Å²) in [4.78, 5) is 4.74. The molecule has 8 aromatic rings. The Hall–Kier alpha value is -5.60. The Morgan fingerprint density at radius 2 is 0.548 bits per heavy atom. The van der Waals surface area contributed by atoms with Crippen LogP contribution in [0.15, 0.2) is 170 Å². The molecule has 8 aromatic carbocycles. The second kappa shape index (κ2) is 10.1. The van der Waals surface area contributed by atoms with Crippen LogP contribution in [0.3, 0.4) is 0 Å². The summed E-state index contributed by atoms with van der Waals surface area (Å²) in [6.45, 7) is 0. The number of hydrogen-bond acceptors (Lipinski definition) is 2. The summed E-state index contributed by atoms with van der Waals surface area (Å²) in [5.74, 6) is 0. The maximum absolute atomic E-state index is 2.37. The molecular formula is C40H28N2. The summed E-state index contributed by atoms with van der Waals surface area (Å²) >= 11 is 0. The minimum atomic E-state index is 1.14. The molecule has 0 aromatic heterocycles. The molecule has 0 aliphatic carbocycles. The van der Waals surface area contributed by atoms with Crippen LogP contribution in [0.1, 0.15) is 0 Å². The fraction of sp³-hybridized carbons (Fsp3) is 0. The Labute approximate surface area is 245 Å². The van der Waals surface area contributed by atoms with E-state index in [0.29, 0.717) is 0 Å². The van der Waals surface area contributed by atoms with Crippen LogP contribution in [-0.4, -0.2) is 0 Å². The molecule has 0 saturated carbocycles. The molecule has 42 heavy (non-hydrogen) atoms. The maximum Gasteiger partial charge on any atom is 0.0540 e. The zero-order valence-corrected chi connectivity index (χ0v) is 23.1. The van der Waals surface area contributed by atoms with Crippen molar-refractivity contribution in [1.29, 1.82) is 0 Å². The largest absolute Gasteiger partial charge is 0.310 e. The van der Waals surface area contributed by atoms with Crippen molar-refractivity contribution in [1.82, 2.24) is 0 Å². The first kappa shape index (κ1) is 24.2.